The highest BCUT2D eigenvalue weighted by Gasteiger charge is 2.11. The fraction of sp³-hybridized carbons (Fsp3) is 0.500. The van der Waals surface area contributed by atoms with E-state index in [-0.39, 0.29) is 24.3 Å². The van der Waals surface area contributed by atoms with Crippen LogP contribution >= 0.6 is 0 Å². The van der Waals surface area contributed by atoms with Gasteiger partial charge in [-0.05, 0) is 18.6 Å². The Bertz CT molecular complexity index is 360. The molecule has 0 saturated heterocycles. The second-order valence-corrected chi connectivity index (χ2v) is 3.88. The molecule has 0 aliphatic heterocycles. The van der Waals surface area contributed by atoms with Crippen LogP contribution in [0.3, 0.4) is 0 Å². The van der Waals surface area contributed by atoms with Gasteiger partial charge in [0.2, 0.25) is 11.8 Å². The van der Waals surface area contributed by atoms with Gasteiger partial charge >= 0.3 is 0 Å². The van der Waals surface area contributed by atoms with Gasteiger partial charge in [-0.15, -0.1) is 0 Å². The van der Waals surface area contributed by atoms with Gasteiger partial charge in [0.25, 0.3) is 0 Å². The number of nitrogens with one attached hydrogen (secondary N) is 2. The molecule has 1 heterocycles. The first kappa shape index (κ1) is 13.3. The van der Waals surface area contributed by atoms with Crippen LogP contribution in [0.1, 0.15) is 26.0 Å². The Hall–Kier alpha value is -1.78. The average Bonchev–Trinajstić information content (AvgIpc) is 2.85. The van der Waals surface area contributed by atoms with Gasteiger partial charge in [0.1, 0.15) is 5.76 Å². The van der Waals surface area contributed by atoms with Crippen molar-refractivity contribution < 1.29 is 14.0 Å². The van der Waals surface area contributed by atoms with Crippen LogP contribution in [0.25, 0.3) is 0 Å². The Kier molecular flexibility index (Phi) is 5.26. The summed E-state index contributed by atoms with van der Waals surface area (Å²) < 4.78 is 5.06. The summed E-state index contributed by atoms with van der Waals surface area (Å²) in [5, 5.41) is 5.23. The number of hydrogen-bond donors (Lipinski definition) is 2. The minimum Gasteiger partial charge on any atom is -0.467 e. The Morgan fingerprint density at radius 2 is 2.18 bits per heavy atom. The molecule has 0 saturated carbocycles. The highest BCUT2D eigenvalue weighted by molar-refractivity contribution is 5.85. The van der Waals surface area contributed by atoms with Gasteiger partial charge in [-0.1, -0.05) is 13.8 Å². The molecule has 94 valence electrons. The minimum absolute atomic E-state index is 0.00385. The zero-order chi connectivity index (χ0) is 12.7. The zero-order valence-corrected chi connectivity index (χ0v) is 10.2. The molecule has 2 N–H and O–H groups in total. The molecular formula is C12H18N2O3. The lowest BCUT2D eigenvalue weighted by Crippen LogP contribution is -2.38. The predicted octanol–water partition coefficient (Wildman–Crippen LogP) is 1.06. The van der Waals surface area contributed by atoms with Crippen molar-refractivity contribution in [2.24, 2.45) is 5.92 Å². The lowest BCUT2D eigenvalue weighted by atomic mass is 10.1. The molecule has 0 aliphatic rings. The number of carbonyl (C=O) groups is 2. The third-order valence-electron chi connectivity index (χ3n) is 2.52. The van der Waals surface area contributed by atoms with Crippen molar-refractivity contribution >= 4 is 11.8 Å². The lowest BCUT2D eigenvalue weighted by molar-refractivity contribution is -0.128. The Morgan fingerprint density at radius 1 is 1.41 bits per heavy atom. The molecule has 0 spiro atoms. The van der Waals surface area contributed by atoms with E-state index in [9.17, 15) is 9.59 Å². The van der Waals surface area contributed by atoms with Gasteiger partial charge in [-0.25, -0.2) is 0 Å². The van der Waals surface area contributed by atoms with E-state index in [1.54, 1.807) is 18.4 Å². The maximum absolute atomic E-state index is 11.4. The molecule has 1 aromatic heterocycles. The van der Waals surface area contributed by atoms with Crippen LogP contribution in [0.15, 0.2) is 22.8 Å². The number of amides is 2. The first-order valence-corrected chi connectivity index (χ1v) is 5.70. The first-order chi connectivity index (χ1) is 8.13. The third kappa shape index (κ3) is 4.72. The number of rotatable bonds is 6. The summed E-state index contributed by atoms with van der Waals surface area (Å²) in [6, 6.07) is 3.53. The summed E-state index contributed by atoms with van der Waals surface area (Å²) in [4.78, 5) is 22.8. The molecule has 0 fully saturated rings. The minimum atomic E-state index is -0.224. The van der Waals surface area contributed by atoms with Crippen LogP contribution in [0, 0.1) is 5.92 Å². The summed E-state index contributed by atoms with van der Waals surface area (Å²) in [7, 11) is 0. The normalized spacial score (nSPS) is 11.9. The fourth-order valence-electron chi connectivity index (χ4n) is 1.19. The van der Waals surface area contributed by atoms with Gasteiger partial charge < -0.3 is 15.1 Å². The molecule has 2 amide bonds. The van der Waals surface area contributed by atoms with Crippen molar-refractivity contribution in [1.82, 2.24) is 10.6 Å². The van der Waals surface area contributed by atoms with Gasteiger partial charge in [0, 0.05) is 5.92 Å². The van der Waals surface area contributed by atoms with Crippen molar-refractivity contribution in [1.29, 1.82) is 0 Å². The molecular weight excluding hydrogens is 220 g/mol. The van der Waals surface area contributed by atoms with Crippen LogP contribution in [0.5, 0.6) is 0 Å². The summed E-state index contributed by atoms with van der Waals surface area (Å²) in [5.41, 5.74) is 0. The van der Waals surface area contributed by atoms with E-state index >= 15 is 0 Å². The second kappa shape index (κ2) is 6.73. The quantitative estimate of drug-likeness (QED) is 0.778. The van der Waals surface area contributed by atoms with Gasteiger partial charge in [0.15, 0.2) is 0 Å². The largest absolute Gasteiger partial charge is 0.467 e. The fourth-order valence-corrected chi connectivity index (χ4v) is 1.19. The molecule has 5 heteroatoms. The molecule has 1 atom stereocenters. The smallest absolute Gasteiger partial charge is 0.239 e. The molecule has 5 nitrogen and oxygen atoms in total. The molecule has 17 heavy (non-hydrogen) atoms. The SMILES string of the molecule is CCC(C)C(=O)NCC(=O)NCc1ccco1. The number of hydrogen-bond acceptors (Lipinski definition) is 3. The van der Waals surface area contributed by atoms with Gasteiger partial charge in [-0.3, -0.25) is 9.59 Å². The van der Waals surface area contributed by atoms with Crippen molar-refractivity contribution in [3.63, 3.8) is 0 Å². The van der Waals surface area contributed by atoms with Crippen LogP contribution in [0.2, 0.25) is 0 Å². The van der Waals surface area contributed by atoms with Crippen LogP contribution in [-0.2, 0) is 16.1 Å². The second-order valence-electron chi connectivity index (χ2n) is 3.88. The average molecular weight is 238 g/mol. The van der Waals surface area contributed by atoms with Crippen molar-refractivity contribution in [2.45, 2.75) is 26.8 Å². The highest BCUT2D eigenvalue weighted by atomic mass is 16.3. The third-order valence-corrected chi connectivity index (χ3v) is 2.52. The van der Waals surface area contributed by atoms with E-state index in [1.165, 1.54) is 0 Å². The molecule has 0 radical (unpaired) electrons. The van der Waals surface area contributed by atoms with Crippen LogP contribution < -0.4 is 10.6 Å². The molecule has 1 aromatic rings. The first-order valence-electron chi connectivity index (χ1n) is 5.70. The molecule has 0 bridgehead atoms. The van der Waals surface area contributed by atoms with Gasteiger partial charge in [0.05, 0.1) is 19.4 Å². The zero-order valence-electron chi connectivity index (χ0n) is 10.2. The predicted molar refractivity (Wildman–Crippen MR) is 63.0 cm³/mol. The topological polar surface area (TPSA) is 71.3 Å². The van der Waals surface area contributed by atoms with Crippen molar-refractivity contribution in [3.8, 4) is 0 Å². The number of furan rings is 1. The molecule has 0 aliphatic carbocycles. The summed E-state index contributed by atoms with van der Waals surface area (Å²) in [5.74, 6) is 0.304. The van der Waals surface area contributed by atoms with Gasteiger partial charge in [-0.2, -0.15) is 0 Å². The Morgan fingerprint density at radius 3 is 2.76 bits per heavy atom. The molecule has 1 unspecified atom stereocenters. The van der Waals surface area contributed by atoms with Crippen molar-refractivity contribution in [2.75, 3.05) is 6.54 Å². The Labute approximate surface area is 101 Å². The summed E-state index contributed by atoms with van der Waals surface area (Å²) >= 11 is 0. The monoisotopic (exact) mass is 238 g/mol. The summed E-state index contributed by atoms with van der Waals surface area (Å²) in [6.07, 6.45) is 2.31. The lowest BCUT2D eigenvalue weighted by Gasteiger charge is -2.09. The molecule has 0 aromatic carbocycles. The van der Waals surface area contributed by atoms with E-state index < -0.39 is 0 Å². The highest BCUT2D eigenvalue weighted by Crippen LogP contribution is 1.99. The standard InChI is InChI=1S/C12H18N2O3/c1-3-9(2)12(16)14-8-11(15)13-7-10-5-4-6-17-10/h4-6,9H,3,7-8H2,1-2H3,(H,13,15)(H,14,16). The van der Waals surface area contributed by atoms with E-state index in [2.05, 4.69) is 10.6 Å². The number of carbonyl (C=O) groups excluding carboxylic acids is 2. The van der Waals surface area contributed by atoms with E-state index in [1.807, 2.05) is 13.8 Å². The maximum atomic E-state index is 11.4. The van der Waals surface area contributed by atoms with Crippen LogP contribution in [0.4, 0.5) is 0 Å². The maximum Gasteiger partial charge on any atom is 0.239 e. The molecule has 1 rings (SSSR count). The Balaban J connectivity index is 2.19. The van der Waals surface area contributed by atoms with Crippen molar-refractivity contribution in [3.05, 3.63) is 24.2 Å². The summed E-state index contributed by atoms with van der Waals surface area (Å²) in [6.45, 7) is 4.10. The van der Waals surface area contributed by atoms with E-state index in [0.29, 0.717) is 12.3 Å². The van der Waals surface area contributed by atoms with Crippen LogP contribution in [-0.4, -0.2) is 18.4 Å². The van der Waals surface area contributed by atoms with E-state index in [4.69, 9.17) is 4.42 Å². The van der Waals surface area contributed by atoms with E-state index in [0.717, 1.165) is 6.42 Å².